The van der Waals surface area contributed by atoms with Gasteiger partial charge in [-0.05, 0) is 29.3 Å². The van der Waals surface area contributed by atoms with Crippen LogP contribution in [0, 0.1) is 0 Å². The lowest BCUT2D eigenvalue weighted by Gasteiger charge is -2.11. The van der Waals surface area contributed by atoms with Crippen molar-refractivity contribution in [1.82, 2.24) is 4.72 Å². The highest BCUT2D eigenvalue weighted by Gasteiger charge is 2.29. The van der Waals surface area contributed by atoms with Gasteiger partial charge in [-0.3, -0.25) is 9.52 Å². The maximum absolute atomic E-state index is 12.3. The molecule has 0 saturated heterocycles. The number of carbonyl (C=O) groups is 2. The van der Waals surface area contributed by atoms with Crippen LogP contribution in [0.1, 0.15) is 11.1 Å². The molecule has 0 aromatic heterocycles. The predicted molar refractivity (Wildman–Crippen MR) is 117 cm³/mol. The highest BCUT2D eigenvalue weighted by atomic mass is 32.2. The Bertz CT molecular complexity index is 1020. The second-order valence-electron chi connectivity index (χ2n) is 6.70. The summed E-state index contributed by atoms with van der Waals surface area (Å²) in [7, 11) is 0. The van der Waals surface area contributed by atoms with Gasteiger partial charge in [0.15, 0.2) is 6.10 Å². The Balaban J connectivity index is 1.24. The van der Waals surface area contributed by atoms with Gasteiger partial charge in [0, 0.05) is 30.1 Å². The van der Waals surface area contributed by atoms with Crippen molar-refractivity contribution in [3.63, 3.8) is 0 Å². The molecule has 0 bridgehead atoms. The number of anilines is 1. The number of fused-ring (bicyclic) bond motifs is 1. The third kappa shape index (κ3) is 5.12. The predicted octanol–water partition coefficient (Wildman–Crippen LogP) is 4.57. The molecular weight excluding hydrogens is 400 g/mol. The van der Waals surface area contributed by atoms with Crippen molar-refractivity contribution in [2.75, 3.05) is 5.32 Å². The smallest absolute Gasteiger partial charge is 0.329 e. The fourth-order valence-electron chi connectivity index (χ4n) is 3.04. The van der Waals surface area contributed by atoms with Gasteiger partial charge < -0.3 is 14.8 Å². The largest absolute Gasteiger partial charge is 0.489 e. The Morgan fingerprint density at radius 2 is 1.80 bits per heavy atom. The van der Waals surface area contributed by atoms with Crippen molar-refractivity contribution in [3.05, 3.63) is 90.0 Å². The molecule has 3 aromatic rings. The van der Waals surface area contributed by atoms with Crippen LogP contribution in [0.5, 0.6) is 11.5 Å². The van der Waals surface area contributed by atoms with Crippen LogP contribution in [-0.4, -0.2) is 17.3 Å². The summed E-state index contributed by atoms with van der Waals surface area (Å²) in [6, 6.07) is 23.9. The lowest BCUT2D eigenvalue weighted by Crippen LogP contribution is -2.29. The first-order chi connectivity index (χ1) is 14.7. The molecule has 1 heterocycles. The summed E-state index contributed by atoms with van der Waals surface area (Å²) < 4.78 is 13.9. The minimum atomic E-state index is -0.595. The van der Waals surface area contributed by atoms with Gasteiger partial charge in [-0.2, -0.15) is 0 Å². The van der Waals surface area contributed by atoms with Crippen molar-refractivity contribution in [1.29, 1.82) is 0 Å². The molecule has 2 amide bonds. The highest BCUT2D eigenvalue weighted by molar-refractivity contribution is 8.12. The van der Waals surface area contributed by atoms with Crippen molar-refractivity contribution < 1.29 is 19.1 Å². The molecule has 30 heavy (non-hydrogen) atoms. The van der Waals surface area contributed by atoms with E-state index in [1.54, 1.807) is 18.2 Å². The molecule has 2 N–H and O–H groups in total. The summed E-state index contributed by atoms with van der Waals surface area (Å²) in [5, 5.41) is 2.45. The number of ether oxygens (including phenoxy) is 2. The number of para-hydroxylation sites is 1. The SMILES string of the molecule is O=C(NSC(=O)C1Cc2ccccc2O1)Nc1cccc(OCc2ccccc2)c1. The summed E-state index contributed by atoms with van der Waals surface area (Å²) in [4.78, 5) is 24.5. The summed E-state index contributed by atoms with van der Waals surface area (Å²) in [5.41, 5.74) is 2.61. The summed E-state index contributed by atoms with van der Waals surface area (Å²) in [6.07, 6.45) is -0.0889. The number of nitrogens with one attached hydrogen (secondary N) is 2. The minimum Gasteiger partial charge on any atom is -0.489 e. The summed E-state index contributed by atoms with van der Waals surface area (Å²) >= 11 is 0.726. The average molecular weight is 420 g/mol. The number of amides is 2. The fourth-order valence-corrected chi connectivity index (χ4v) is 3.54. The average Bonchev–Trinajstić information content (AvgIpc) is 3.21. The molecule has 4 rings (SSSR count). The molecule has 0 aliphatic carbocycles. The van der Waals surface area contributed by atoms with Crippen LogP contribution in [0.15, 0.2) is 78.9 Å². The first kappa shape index (κ1) is 19.8. The molecule has 1 aliphatic rings. The number of urea groups is 1. The fraction of sp³-hybridized carbons (Fsp3) is 0.130. The number of hydrogen-bond donors (Lipinski definition) is 2. The van der Waals surface area contributed by atoms with Crippen LogP contribution in [0.25, 0.3) is 0 Å². The summed E-state index contributed by atoms with van der Waals surface area (Å²) in [5.74, 6) is 1.35. The zero-order valence-electron chi connectivity index (χ0n) is 16.0. The minimum absolute atomic E-state index is 0.249. The van der Waals surface area contributed by atoms with E-state index in [9.17, 15) is 9.59 Å². The summed E-state index contributed by atoms with van der Waals surface area (Å²) in [6.45, 7) is 0.435. The number of hydrogen-bond acceptors (Lipinski definition) is 5. The van der Waals surface area contributed by atoms with E-state index in [2.05, 4.69) is 10.0 Å². The second-order valence-corrected chi connectivity index (χ2v) is 7.51. The third-order valence-electron chi connectivity index (χ3n) is 4.49. The molecule has 0 radical (unpaired) electrons. The Labute approximate surface area is 178 Å². The van der Waals surface area contributed by atoms with Crippen molar-refractivity contribution in [2.24, 2.45) is 0 Å². The monoisotopic (exact) mass is 420 g/mol. The maximum Gasteiger partial charge on any atom is 0.329 e. The van der Waals surface area contributed by atoms with Gasteiger partial charge in [-0.1, -0.05) is 54.6 Å². The van der Waals surface area contributed by atoms with Crippen LogP contribution in [-0.2, 0) is 17.8 Å². The van der Waals surface area contributed by atoms with Gasteiger partial charge in [-0.25, -0.2) is 4.79 Å². The van der Waals surface area contributed by atoms with E-state index in [0.717, 1.165) is 23.1 Å². The third-order valence-corrected chi connectivity index (χ3v) is 5.25. The normalized spacial score (nSPS) is 14.3. The number of rotatable bonds is 5. The van der Waals surface area contributed by atoms with E-state index in [4.69, 9.17) is 9.47 Å². The zero-order chi connectivity index (χ0) is 20.8. The number of carbonyl (C=O) groups excluding carboxylic acids is 2. The highest BCUT2D eigenvalue weighted by Crippen LogP contribution is 2.29. The lowest BCUT2D eigenvalue weighted by atomic mass is 10.1. The molecule has 152 valence electrons. The van der Waals surface area contributed by atoms with Crippen LogP contribution in [0.2, 0.25) is 0 Å². The molecule has 0 spiro atoms. The van der Waals surface area contributed by atoms with Gasteiger partial charge in [-0.15, -0.1) is 0 Å². The molecule has 1 atom stereocenters. The molecule has 0 saturated carbocycles. The zero-order valence-corrected chi connectivity index (χ0v) is 16.9. The quantitative estimate of drug-likeness (QED) is 0.592. The molecule has 1 unspecified atom stereocenters. The van der Waals surface area contributed by atoms with Crippen molar-refractivity contribution in [2.45, 2.75) is 19.1 Å². The molecular formula is C23H20N2O4S. The van der Waals surface area contributed by atoms with Crippen LogP contribution in [0.4, 0.5) is 10.5 Å². The van der Waals surface area contributed by atoms with Gasteiger partial charge in [0.25, 0.3) is 0 Å². The first-order valence-electron chi connectivity index (χ1n) is 9.46. The van der Waals surface area contributed by atoms with Gasteiger partial charge in [0.1, 0.15) is 18.1 Å². The Kier molecular flexibility index (Phi) is 6.20. The van der Waals surface area contributed by atoms with Gasteiger partial charge in [0.2, 0.25) is 5.12 Å². The molecule has 7 heteroatoms. The van der Waals surface area contributed by atoms with Crippen molar-refractivity contribution >= 4 is 28.8 Å². The van der Waals surface area contributed by atoms with Gasteiger partial charge in [0.05, 0.1) is 0 Å². The molecule has 0 fully saturated rings. The standard InChI is InChI=1S/C23H20N2O4S/c26-22(21-13-17-9-4-5-12-20(17)29-21)30-25-23(27)24-18-10-6-11-19(14-18)28-15-16-7-2-1-3-8-16/h1-12,14,21H,13,15H2,(H2,24,25,27). The van der Waals surface area contributed by atoms with E-state index < -0.39 is 12.1 Å². The van der Waals surface area contributed by atoms with E-state index in [0.29, 0.717) is 30.2 Å². The van der Waals surface area contributed by atoms with E-state index >= 15 is 0 Å². The molecule has 3 aromatic carbocycles. The van der Waals surface area contributed by atoms with Crippen LogP contribution in [0.3, 0.4) is 0 Å². The van der Waals surface area contributed by atoms with Gasteiger partial charge >= 0.3 is 6.03 Å². The van der Waals surface area contributed by atoms with Crippen LogP contribution >= 0.6 is 11.9 Å². The maximum atomic E-state index is 12.3. The van der Waals surface area contributed by atoms with E-state index in [1.807, 2.05) is 60.7 Å². The Morgan fingerprint density at radius 1 is 1.00 bits per heavy atom. The molecule has 1 aliphatic heterocycles. The van der Waals surface area contributed by atoms with E-state index in [1.165, 1.54) is 0 Å². The topological polar surface area (TPSA) is 76.7 Å². The number of benzene rings is 3. The Hall–Kier alpha value is -3.45. The second kappa shape index (κ2) is 9.37. The van der Waals surface area contributed by atoms with E-state index in [-0.39, 0.29) is 5.12 Å². The Morgan fingerprint density at radius 3 is 2.63 bits per heavy atom. The molecule has 6 nitrogen and oxygen atoms in total. The lowest BCUT2D eigenvalue weighted by molar-refractivity contribution is -0.116. The van der Waals surface area contributed by atoms with Crippen LogP contribution < -0.4 is 19.5 Å². The van der Waals surface area contributed by atoms with Crippen molar-refractivity contribution in [3.8, 4) is 11.5 Å². The first-order valence-corrected chi connectivity index (χ1v) is 10.3.